The fraction of sp³-hybridized carbons (Fsp3) is 0.440. The highest BCUT2D eigenvalue weighted by molar-refractivity contribution is 7.22. The van der Waals surface area contributed by atoms with Gasteiger partial charge in [-0.3, -0.25) is 14.6 Å². The highest BCUT2D eigenvalue weighted by atomic mass is 32.1. The predicted octanol–water partition coefficient (Wildman–Crippen LogP) is 4.44. The summed E-state index contributed by atoms with van der Waals surface area (Å²) >= 11 is 1.62. The molecule has 0 N–H and O–H groups in total. The van der Waals surface area contributed by atoms with Gasteiger partial charge in [0.25, 0.3) is 0 Å². The number of thiazole rings is 1. The number of ether oxygens (including phenoxy) is 1. The predicted molar refractivity (Wildman–Crippen MR) is 128 cm³/mol. The van der Waals surface area contributed by atoms with Gasteiger partial charge in [0.15, 0.2) is 5.13 Å². The van der Waals surface area contributed by atoms with Crippen LogP contribution in [0.1, 0.15) is 27.8 Å². The van der Waals surface area contributed by atoms with Gasteiger partial charge in [0.05, 0.1) is 29.9 Å². The van der Waals surface area contributed by atoms with Crippen LogP contribution in [0.25, 0.3) is 10.2 Å². The van der Waals surface area contributed by atoms with Crippen LogP contribution >= 0.6 is 11.3 Å². The standard InChI is InChI=1S/C25H31N3O2S/c1-17-5-6-21(19(3)13-17)16-23(29)28(8-7-27-9-11-30-12-10-27)25-26-22-15-18(2)14-20(4)24(22)31-25/h5-6,13-15H,7-12,16H2,1-4H3. The normalized spacial score (nSPS) is 14.8. The van der Waals surface area contributed by atoms with Crippen LogP contribution in [-0.2, 0) is 16.0 Å². The molecule has 6 heteroatoms. The van der Waals surface area contributed by atoms with Crippen LogP contribution in [0.2, 0.25) is 0 Å². The zero-order valence-electron chi connectivity index (χ0n) is 18.9. The Kier molecular flexibility index (Phi) is 6.70. The van der Waals surface area contributed by atoms with Crippen molar-refractivity contribution in [2.24, 2.45) is 0 Å². The first-order valence-corrected chi connectivity index (χ1v) is 11.8. The number of hydrogen-bond acceptors (Lipinski definition) is 5. The van der Waals surface area contributed by atoms with Crippen LogP contribution in [-0.4, -0.2) is 55.2 Å². The van der Waals surface area contributed by atoms with Crippen molar-refractivity contribution >= 4 is 32.6 Å². The second kappa shape index (κ2) is 9.47. The summed E-state index contributed by atoms with van der Waals surface area (Å²) < 4.78 is 6.64. The van der Waals surface area contributed by atoms with E-state index in [-0.39, 0.29) is 5.91 Å². The van der Waals surface area contributed by atoms with E-state index < -0.39 is 0 Å². The Morgan fingerprint density at radius 1 is 1.06 bits per heavy atom. The van der Waals surface area contributed by atoms with Crippen LogP contribution < -0.4 is 4.90 Å². The molecule has 1 saturated heterocycles. The van der Waals surface area contributed by atoms with E-state index in [1.165, 1.54) is 16.7 Å². The maximum atomic E-state index is 13.5. The number of nitrogens with zero attached hydrogens (tertiary/aromatic N) is 3. The Morgan fingerprint density at radius 3 is 2.55 bits per heavy atom. The Labute approximate surface area is 188 Å². The van der Waals surface area contributed by atoms with Crippen LogP contribution in [0.15, 0.2) is 30.3 Å². The summed E-state index contributed by atoms with van der Waals surface area (Å²) in [6.45, 7) is 13.2. The van der Waals surface area contributed by atoms with E-state index in [2.05, 4.69) is 62.9 Å². The van der Waals surface area contributed by atoms with Gasteiger partial charge >= 0.3 is 0 Å². The number of carbonyl (C=O) groups excluding carboxylic acids is 1. The van der Waals surface area contributed by atoms with E-state index in [0.29, 0.717) is 13.0 Å². The first-order valence-electron chi connectivity index (χ1n) is 10.9. The monoisotopic (exact) mass is 437 g/mol. The van der Waals surface area contributed by atoms with Gasteiger partial charge < -0.3 is 4.74 Å². The zero-order chi connectivity index (χ0) is 22.0. The molecule has 0 bridgehead atoms. The second-order valence-electron chi connectivity index (χ2n) is 8.53. The van der Waals surface area contributed by atoms with Gasteiger partial charge in [-0.15, -0.1) is 0 Å². The smallest absolute Gasteiger partial charge is 0.233 e. The summed E-state index contributed by atoms with van der Waals surface area (Å²) in [6, 6.07) is 10.6. The molecule has 0 radical (unpaired) electrons. The minimum Gasteiger partial charge on any atom is -0.379 e. The van der Waals surface area contributed by atoms with Crippen molar-refractivity contribution in [3.63, 3.8) is 0 Å². The maximum absolute atomic E-state index is 13.5. The number of benzene rings is 2. The van der Waals surface area contributed by atoms with E-state index >= 15 is 0 Å². The van der Waals surface area contributed by atoms with Crippen molar-refractivity contribution in [3.05, 3.63) is 58.1 Å². The number of hydrogen-bond donors (Lipinski definition) is 0. The van der Waals surface area contributed by atoms with E-state index in [9.17, 15) is 4.79 Å². The number of anilines is 1. The fourth-order valence-corrected chi connectivity index (χ4v) is 5.23. The third-order valence-corrected chi connectivity index (χ3v) is 7.15. The van der Waals surface area contributed by atoms with Gasteiger partial charge in [0, 0.05) is 26.2 Å². The number of morpholine rings is 1. The molecule has 4 rings (SSSR count). The van der Waals surface area contributed by atoms with Crippen molar-refractivity contribution in [2.75, 3.05) is 44.3 Å². The lowest BCUT2D eigenvalue weighted by molar-refractivity contribution is -0.118. The van der Waals surface area contributed by atoms with E-state index in [1.54, 1.807) is 11.3 Å². The van der Waals surface area contributed by atoms with Crippen molar-refractivity contribution in [1.82, 2.24) is 9.88 Å². The summed E-state index contributed by atoms with van der Waals surface area (Å²) in [5.41, 5.74) is 6.86. The molecule has 3 aromatic rings. The minimum absolute atomic E-state index is 0.105. The molecule has 1 aliphatic heterocycles. The first kappa shape index (κ1) is 21.9. The van der Waals surface area contributed by atoms with Gasteiger partial charge in [0.2, 0.25) is 5.91 Å². The highest BCUT2D eigenvalue weighted by Gasteiger charge is 2.23. The minimum atomic E-state index is 0.105. The number of rotatable bonds is 6. The Bertz CT molecular complexity index is 1090. The van der Waals surface area contributed by atoms with Gasteiger partial charge in [-0.05, 0) is 56.0 Å². The number of aromatic nitrogens is 1. The Balaban J connectivity index is 1.61. The molecule has 5 nitrogen and oxygen atoms in total. The van der Waals surface area contributed by atoms with Gasteiger partial charge in [-0.25, -0.2) is 4.98 Å². The summed E-state index contributed by atoms with van der Waals surface area (Å²) in [4.78, 5) is 22.6. The lowest BCUT2D eigenvalue weighted by Crippen LogP contribution is -2.43. The molecule has 31 heavy (non-hydrogen) atoms. The number of fused-ring (bicyclic) bond motifs is 1. The average Bonchev–Trinajstić information content (AvgIpc) is 3.15. The van der Waals surface area contributed by atoms with Crippen molar-refractivity contribution in [2.45, 2.75) is 34.1 Å². The maximum Gasteiger partial charge on any atom is 0.233 e. The Hall–Kier alpha value is -2.28. The van der Waals surface area contributed by atoms with E-state index in [1.807, 2.05) is 4.90 Å². The van der Waals surface area contributed by atoms with Crippen molar-refractivity contribution < 1.29 is 9.53 Å². The van der Waals surface area contributed by atoms with Crippen LogP contribution in [0.3, 0.4) is 0 Å². The molecule has 1 aromatic heterocycles. The van der Waals surface area contributed by atoms with Crippen LogP contribution in [0.4, 0.5) is 5.13 Å². The Morgan fingerprint density at radius 2 is 1.81 bits per heavy atom. The molecular weight excluding hydrogens is 406 g/mol. The highest BCUT2D eigenvalue weighted by Crippen LogP contribution is 2.32. The molecule has 0 saturated carbocycles. The summed E-state index contributed by atoms with van der Waals surface area (Å²) in [7, 11) is 0. The van der Waals surface area contributed by atoms with Gasteiger partial charge in [-0.2, -0.15) is 0 Å². The topological polar surface area (TPSA) is 45.7 Å². The second-order valence-corrected chi connectivity index (χ2v) is 9.51. The number of carbonyl (C=O) groups is 1. The first-order chi connectivity index (χ1) is 14.9. The third-order valence-electron chi connectivity index (χ3n) is 5.92. The lowest BCUT2D eigenvalue weighted by Gasteiger charge is -2.29. The molecule has 164 valence electrons. The molecule has 1 aliphatic rings. The van der Waals surface area contributed by atoms with E-state index in [4.69, 9.17) is 9.72 Å². The molecule has 0 atom stereocenters. The quantitative estimate of drug-likeness (QED) is 0.572. The molecular formula is C25H31N3O2S. The van der Waals surface area contributed by atoms with Crippen molar-refractivity contribution in [1.29, 1.82) is 0 Å². The molecule has 1 amide bonds. The van der Waals surface area contributed by atoms with E-state index in [0.717, 1.165) is 59.3 Å². The van der Waals surface area contributed by atoms with Crippen LogP contribution in [0, 0.1) is 27.7 Å². The number of aryl methyl sites for hydroxylation is 4. The largest absolute Gasteiger partial charge is 0.379 e. The third kappa shape index (κ3) is 5.14. The van der Waals surface area contributed by atoms with Crippen molar-refractivity contribution in [3.8, 4) is 0 Å². The average molecular weight is 438 g/mol. The molecule has 2 aromatic carbocycles. The fourth-order valence-electron chi connectivity index (χ4n) is 4.18. The molecule has 2 heterocycles. The summed E-state index contributed by atoms with van der Waals surface area (Å²) in [5.74, 6) is 0.105. The summed E-state index contributed by atoms with van der Waals surface area (Å²) in [6.07, 6.45) is 0.392. The van der Waals surface area contributed by atoms with Gasteiger partial charge in [0.1, 0.15) is 0 Å². The van der Waals surface area contributed by atoms with Gasteiger partial charge in [-0.1, -0.05) is 41.2 Å². The molecule has 0 aliphatic carbocycles. The molecule has 0 unspecified atom stereocenters. The zero-order valence-corrected chi connectivity index (χ0v) is 19.7. The SMILES string of the molecule is Cc1ccc(CC(=O)N(CCN2CCOCC2)c2nc3cc(C)cc(C)c3s2)c(C)c1. The molecule has 1 fully saturated rings. The molecule has 0 spiro atoms. The summed E-state index contributed by atoms with van der Waals surface area (Å²) in [5, 5.41) is 0.798. The van der Waals surface area contributed by atoms with Crippen LogP contribution in [0.5, 0.6) is 0 Å². The lowest BCUT2D eigenvalue weighted by atomic mass is 10.0. The number of amides is 1.